The van der Waals surface area contributed by atoms with Gasteiger partial charge < -0.3 is 16.9 Å². The van der Waals surface area contributed by atoms with Gasteiger partial charge in [-0.15, -0.1) is 0 Å². The third kappa shape index (κ3) is 3.69. The van der Waals surface area contributed by atoms with Crippen LogP contribution >= 0.6 is 0 Å². The molecular formula is C12H20ClN. The topological polar surface area (TPSA) is 0 Å². The third-order valence-electron chi connectivity index (χ3n) is 2.93. The van der Waals surface area contributed by atoms with Crippen molar-refractivity contribution in [1.29, 1.82) is 0 Å². The first-order valence-electron chi connectivity index (χ1n) is 5.07. The van der Waals surface area contributed by atoms with Crippen molar-refractivity contribution in [2.24, 2.45) is 0 Å². The molecule has 1 nitrogen and oxygen atoms in total. The number of hydrogen-bond donors (Lipinski definition) is 0. The highest BCUT2D eigenvalue weighted by Crippen LogP contribution is 2.10. The van der Waals surface area contributed by atoms with Gasteiger partial charge in [0.1, 0.15) is 6.54 Å². The van der Waals surface area contributed by atoms with E-state index in [9.17, 15) is 0 Å². The van der Waals surface area contributed by atoms with E-state index in [1.165, 1.54) is 18.7 Å². The van der Waals surface area contributed by atoms with E-state index in [-0.39, 0.29) is 12.4 Å². The van der Waals surface area contributed by atoms with E-state index >= 15 is 0 Å². The lowest BCUT2D eigenvalue weighted by Crippen LogP contribution is -3.00. The van der Waals surface area contributed by atoms with Crippen LogP contribution in [-0.2, 0) is 6.54 Å². The second-order valence-corrected chi connectivity index (χ2v) is 3.90. The van der Waals surface area contributed by atoms with Crippen LogP contribution in [0.3, 0.4) is 0 Å². The van der Waals surface area contributed by atoms with Gasteiger partial charge in [0, 0.05) is 5.56 Å². The van der Waals surface area contributed by atoms with Gasteiger partial charge in [0.2, 0.25) is 0 Å². The van der Waals surface area contributed by atoms with Gasteiger partial charge in [-0.05, 0) is 13.8 Å². The van der Waals surface area contributed by atoms with Gasteiger partial charge in [-0.3, -0.25) is 0 Å². The molecule has 2 heteroatoms. The second-order valence-electron chi connectivity index (χ2n) is 3.90. The van der Waals surface area contributed by atoms with Crippen molar-refractivity contribution in [2.45, 2.75) is 20.4 Å². The van der Waals surface area contributed by atoms with Crippen LogP contribution in [0.1, 0.15) is 19.4 Å². The van der Waals surface area contributed by atoms with Crippen LogP contribution in [0.25, 0.3) is 0 Å². The molecule has 0 spiro atoms. The summed E-state index contributed by atoms with van der Waals surface area (Å²) < 4.78 is 1.13. The van der Waals surface area contributed by atoms with Crippen LogP contribution in [-0.4, -0.2) is 24.6 Å². The molecule has 0 aromatic heterocycles. The zero-order valence-electron chi connectivity index (χ0n) is 9.33. The van der Waals surface area contributed by atoms with Crippen molar-refractivity contribution in [3.63, 3.8) is 0 Å². The van der Waals surface area contributed by atoms with Gasteiger partial charge in [-0.2, -0.15) is 0 Å². The van der Waals surface area contributed by atoms with Gasteiger partial charge in [0.15, 0.2) is 0 Å². The van der Waals surface area contributed by atoms with E-state index < -0.39 is 0 Å². The smallest absolute Gasteiger partial charge is 0.104 e. The Labute approximate surface area is 93.7 Å². The number of benzene rings is 1. The molecule has 0 N–H and O–H groups in total. The first-order valence-corrected chi connectivity index (χ1v) is 5.07. The fourth-order valence-corrected chi connectivity index (χ4v) is 1.47. The summed E-state index contributed by atoms with van der Waals surface area (Å²) in [4.78, 5) is 0. The normalized spacial score (nSPS) is 10.8. The first-order chi connectivity index (χ1) is 6.20. The van der Waals surface area contributed by atoms with E-state index in [1.54, 1.807) is 0 Å². The van der Waals surface area contributed by atoms with E-state index in [4.69, 9.17) is 0 Å². The van der Waals surface area contributed by atoms with E-state index in [0.29, 0.717) is 0 Å². The summed E-state index contributed by atoms with van der Waals surface area (Å²) in [5.74, 6) is 0. The molecular weight excluding hydrogens is 194 g/mol. The predicted octanol–water partition coefficient (Wildman–Crippen LogP) is -0.323. The van der Waals surface area contributed by atoms with Gasteiger partial charge in [0.05, 0.1) is 20.1 Å². The molecule has 0 aliphatic carbocycles. The standard InChI is InChI=1S/C12H20N.ClH/c1-4-13(3,5-2)11-12-9-7-6-8-10-12;/h6-10H,4-5,11H2,1-3H3;1H/q+1;/p-1. The number of nitrogens with zero attached hydrogens (tertiary/aromatic N) is 1. The molecule has 1 rings (SSSR count). The van der Waals surface area contributed by atoms with Crippen molar-refractivity contribution in [1.82, 2.24) is 0 Å². The Bertz CT molecular complexity index is 242. The molecule has 1 aromatic rings. The molecule has 1 aromatic carbocycles. The van der Waals surface area contributed by atoms with Crippen LogP contribution < -0.4 is 12.4 Å². The number of halogens is 1. The van der Waals surface area contributed by atoms with E-state index in [0.717, 1.165) is 11.0 Å². The number of hydrogen-bond acceptors (Lipinski definition) is 0. The van der Waals surface area contributed by atoms with Crippen LogP contribution in [0, 0.1) is 0 Å². The summed E-state index contributed by atoms with van der Waals surface area (Å²) in [6, 6.07) is 10.7. The van der Waals surface area contributed by atoms with Gasteiger partial charge in [-0.1, -0.05) is 30.3 Å². The molecule has 0 atom stereocenters. The van der Waals surface area contributed by atoms with E-state index in [1.807, 2.05) is 0 Å². The molecule has 14 heavy (non-hydrogen) atoms. The van der Waals surface area contributed by atoms with Gasteiger partial charge >= 0.3 is 0 Å². The average Bonchev–Trinajstić information content (AvgIpc) is 2.19. The molecule has 0 unspecified atom stereocenters. The fourth-order valence-electron chi connectivity index (χ4n) is 1.47. The van der Waals surface area contributed by atoms with Crippen molar-refractivity contribution in [2.75, 3.05) is 20.1 Å². The van der Waals surface area contributed by atoms with Crippen LogP contribution in [0.15, 0.2) is 30.3 Å². The number of quaternary nitrogens is 1. The highest BCUT2D eigenvalue weighted by molar-refractivity contribution is 5.13. The van der Waals surface area contributed by atoms with Crippen molar-refractivity contribution >= 4 is 0 Å². The molecule has 0 bridgehead atoms. The third-order valence-corrected chi connectivity index (χ3v) is 2.93. The molecule has 0 heterocycles. The monoisotopic (exact) mass is 213 g/mol. The molecule has 0 saturated carbocycles. The molecule has 0 amide bonds. The number of rotatable bonds is 4. The Kier molecular flexibility index (Phi) is 5.82. The molecule has 0 radical (unpaired) electrons. The minimum Gasteiger partial charge on any atom is -1.00 e. The first kappa shape index (κ1) is 13.5. The minimum absolute atomic E-state index is 0. The molecule has 0 saturated heterocycles. The molecule has 0 aliphatic rings. The maximum Gasteiger partial charge on any atom is 0.104 e. The van der Waals surface area contributed by atoms with E-state index in [2.05, 4.69) is 51.2 Å². The van der Waals surface area contributed by atoms with Crippen LogP contribution in [0.4, 0.5) is 0 Å². The highest BCUT2D eigenvalue weighted by Gasteiger charge is 2.16. The van der Waals surface area contributed by atoms with Crippen molar-refractivity contribution < 1.29 is 16.9 Å². The Morgan fingerprint density at radius 3 is 1.93 bits per heavy atom. The van der Waals surface area contributed by atoms with Gasteiger partial charge in [-0.25, -0.2) is 0 Å². The summed E-state index contributed by atoms with van der Waals surface area (Å²) in [6.45, 7) is 8.06. The zero-order chi connectivity index (χ0) is 9.73. The maximum absolute atomic E-state index is 2.31. The van der Waals surface area contributed by atoms with Crippen molar-refractivity contribution in [3.8, 4) is 0 Å². The average molecular weight is 214 g/mol. The lowest BCUT2D eigenvalue weighted by atomic mass is 10.2. The fraction of sp³-hybridized carbons (Fsp3) is 0.500. The Hall–Kier alpha value is -0.530. The Morgan fingerprint density at radius 1 is 1.00 bits per heavy atom. The highest BCUT2D eigenvalue weighted by atomic mass is 35.5. The maximum atomic E-state index is 2.31. The largest absolute Gasteiger partial charge is 1.00 e. The van der Waals surface area contributed by atoms with Gasteiger partial charge in [0.25, 0.3) is 0 Å². The zero-order valence-corrected chi connectivity index (χ0v) is 10.1. The van der Waals surface area contributed by atoms with Crippen LogP contribution in [0.2, 0.25) is 0 Å². The summed E-state index contributed by atoms with van der Waals surface area (Å²) >= 11 is 0. The minimum atomic E-state index is 0. The summed E-state index contributed by atoms with van der Waals surface area (Å²) in [6.07, 6.45) is 0. The molecule has 0 fully saturated rings. The molecule has 0 aliphatic heterocycles. The Balaban J connectivity index is 0.00000169. The summed E-state index contributed by atoms with van der Waals surface area (Å²) in [5.41, 5.74) is 1.44. The quantitative estimate of drug-likeness (QED) is 0.602. The molecule has 80 valence electrons. The SMILES string of the molecule is CC[N+](C)(CC)Cc1ccccc1.[Cl-]. The predicted molar refractivity (Wildman–Crippen MR) is 57.4 cm³/mol. The lowest BCUT2D eigenvalue weighted by Gasteiger charge is -2.32. The van der Waals surface area contributed by atoms with Crippen LogP contribution in [0.5, 0.6) is 0 Å². The Morgan fingerprint density at radius 2 is 1.50 bits per heavy atom. The second kappa shape index (κ2) is 6.05. The summed E-state index contributed by atoms with van der Waals surface area (Å²) in [7, 11) is 2.31. The summed E-state index contributed by atoms with van der Waals surface area (Å²) in [5, 5.41) is 0. The lowest BCUT2D eigenvalue weighted by molar-refractivity contribution is -0.919. The van der Waals surface area contributed by atoms with Crippen molar-refractivity contribution in [3.05, 3.63) is 35.9 Å².